The van der Waals surface area contributed by atoms with Crippen molar-refractivity contribution in [2.45, 2.75) is 57.1 Å². The minimum absolute atomic E-state index is 0.362. The Morgan fingerprint density at radius 1 is 1.12 bits per heavy atom. The molecule has 2 heterocycles. The van der Waals surface area contributed by atoms with Gasteiger partial charge < -0.3 is 10.1 Å². The van der Waals surface area contributed by atoms with Gasteiger partial charge >= 0.3 is 0 Å². The van der Waals surface area contributed by atoms with Crippen molar-refractivity contribution in [2.24, 2.45) is 0 Å². The van der Waals surface area contributed by atoms with Crippen molar-refractivity contribution < 1.29 is 4.74 Å². The molecule has 0 aromatic carbocycles. The van der Waals surface area contributed by atoms with E-state index in [9.17, 15) is 0 Å². The molecule has 1 saturated carbocycles. The molecule has 4 rings (SSSR count). The molecule has 5 heteroatoms. The molecule has 0 spiro atoms. The zero-order valence-electron chi connectivity index (χ0n) is 14.2. The van der Waals surface area contributed by atoms with Gasteiger partial charge in [0.15, 0.2) is 5.82 Å². The van der Waals surface area contributed by atoms with Gasteiger partial charge in [0, 0.05) is 30.6 Å². The van der Waals surface area contributed by atoms with Gasteiger partial charge in [0.1, 0.15) is 11.5 Å². The van der Waals surface area contributed by atoms with Crippen molar-refractivity contribution in [1.29, 1.82) is 0 Å². The monoisotopic (exact) mass is 324 g/mol. The van der Waals surface area contributed by atoms with Gasteiger partial charge in [0.05, 0.1) is 6.10 Å². The standard InChI is InChI=1S/C19H24N4O/c1-24-14-7-4-6-13(12-14)21-18-15-8-5-10-16(15)22-19(23-18)17-9-2-3-11-20-17/h2-3,9,11,13-14H,4-8,10,12H2,1H3,(H,21,22,23). The fourth-order valence-electron chi connectivity index (χ4n) is 3.84. The summed E-state index contributed by atoms with van der Waals surface area (Å²) in [4.78, 5) is 14.0. The fraction of sp³-hybridized carbons (Fsp3) is 0.526. The number of aryl methyl sites for hydroxylation is 1. The highest BCUT2D eigenvalue weighted by molar-refractivity contribution is 5.58. The summed E-state index contributed by atoms with van der Waals surface area (Å²) < 4.78 is 5.56. The Morgan fingerprint density at radius 2 is 2.08 bits per heavy atom. The van der Waals surface area contributed by atoms with Crippen molar-refractivity contribution in [3.63, 3.8) is 0 Å². The summed E-state index contributed by atoms with van der Waals surface area (Å²) in [6, 6.07) is 6.31. The van der Waals surface area contributed by atoms with E-state index in [1.165, 1.54) is 24.1 Å². The highest BCUT2D eigenvalue weighted by Crippen LogP contribution is 2.31. The Balaban J connectivity index is 1.63. The van der Waals surface area contributed by atoms with Crippen LogP contribution >= 0.6 is 0 Å². The average Bonchev–Trinajstić information content (AvgIpc) is 3.11. The minimum Gasteiger partial charge on any atom is -0.381 e. The van der Waals surface area contributed by atoms with Crippen molar-refractivity contribution in [3.05, 3.63) is 35.7 Å². The van der Waals surface area contributed by atoms with E-state index in [1.54, 1.807) is 6.20 Å². The minimum atomic E-state index is 0.362. The first-order valence-corrected chi connectivity index (χ1v) is 8.94. The van der Waals surface area contributed by atoms with E-state index in [2.05, 4.69) is 10.3 Å². The SMILES string of the molecule is COC1CCCC(Nc2nc(-c3ccccn3)nc3c2CCC3)C1. The summed E-state index contributed by atoms with van der Waals surface area (Å²) in [5.41, 5.74) is 3.33. The van der Waals surface area contributed by atoms with Crippen LogP contribution in [0.15, 0.2) is 24.4 Å². The van der Waals surface area contributed by atoms with Crippen LogP contribution < -0.4 is 5.32 Å². The molecule has 2 aromatic rings. The Hall–Kier alpha value is -2.01. The first-order valence-electron chi connectivity index (χ1n) is 8.94. The van der Waals surface area contributed by atoms with E-state index in [0.717, 1.165) is 49.4 Å². The topological polar surface area (TPSA) is 59.9 Å². The first kappa shape index (κ1) is 15.5. The molecule has 2 aromatic heterocycles. The van der Waals surface area contributed by atoms with E-state index in [1.807, 2.05) is 25.3 Å². The average molecular weight is 324 g/mol. The number of aromatic nitrogens is 3. The molecule has 0 radical (unpaired) electrons. The quantitative estimate of drug-likeness (QED) is 0.934. The van der Waals surface area contributed by atoms with E-state index >= 15 is 0 Å². The number of hydrogen-bond acceptors (Lipinski definition) is 5. The van der Waals surface area contributed by atoms with Crippen molar-refractivity contribution >= 4 is 5.82 Å². The van der Waals surface area contributed by atoms with Gasteiger partial charge in [-0.05, 0) is 57.1 Å². The second kappa shape index (κ2) is 6.85. The van der Waals surface area contributed by atoms with Crippen LogP contribution in [0, 0.1) is 0 Å². The van der Waals surface area contributed by atoms with E-state index in [4.69, 9.17) is 14.7 Å². The maximum absolute atomic E-state index is 5.56. The summed E-state index contributed by atoms with van der Waals surface area (Å²) in [6.45, 7) is 0. The molecule has 2 aliphatic rings. The maximum Gasteiger partial charge on any atom is 0.180 e. The lowest BCUT2D eigenvalue weighted by molar-refractivity contribution is 0.0669. The zero-order chi connectivity index (χ0) is 16.4. The largest absolute Gasteiger partial charge is 0.381 e. The third kappa shape index (κ3) is 3.13. The Morgan fingerprint density at radius 3 is 2.92 bits per heavy atom. The van der Waals surface area contributed by atoms with Crippen molar-refractivity contribution in [1.82, 2.24) is 15.0 Å². The van der Waals surface area contributed by atoms with Gasteiger partial charge in [-0.3, -0.25) is 4.98 Å². The zero-order valence-corrected chi connectivity index (χ0v) is 14.2. The Labute approximate surface area is 142 Å². The molecule has 0 amide bonds. The lowest BCUT2D eigenvalue weighted by atomic mass is 9.92. The molecule has 0 bridgehead atoms. The van der Waals surface area contributed by atoms with Crippen LogP contribution in [0.4, 0.5) is 5.82 Å². The van der Waals surface area contributed by atoms with Crippen LogP contribution in [0.5, 0.6) is 0 Å². The first-order chi connectivity index (χ1) is 11.8. The van der Waals surface area contributed by atoms with E-state index in [-0.39, 0.29) is 0 Å². The van der Waals surface area contributed by atoms with Crippen LogP contribution in [0.3, 0.4) is 0 Å². The third-order valence-electron chi connectivity index (χ3n) is 5.13. The number of pyridine rings is 1. The maximum atomic E-state index is 5.56. The summed E-state index contributed by atoms with van der Waals surface area (Å²) in [7, 11) is 1.81. The van der Waals surface area contributed by atoms with Crippen molar-refractivity contribution in [3.8, 4) is 11.5 Å². The normalized spacial score (nSPS) is 23.0. The smallest absolute Gasteiger partial charge is 0.180 e. The molecule has 2 aliphatic carbocycles. The number of methoxy groups -OCH3 is 1. The van der Waals surface area contributed by atoms with Crippen molar-refractivity contribution in [2.75, 3.05) is 12.4 Å². The lowest BCUT2D eigenvalue weighted by Gasteiger charge is -2.29. The van der Waals surface area contributed by atoms with Gasteiger partial charge in [-0.1, -0.05) is 6.07 Å². The van der Waals surface area contributed by atoms with Crippen LogP contribution in [-0.4, -0.2) is 34.2 Å². The molecule has 126 valence electrons. The number of rotatable bonds is 4. The van der Waals surface area contributed by atoms with Crippen LogP contribution in [0.2, 0.25) is 0 Å². The van der Waals surface area contributed by atoms with E-state index in [0.29, 0.717) is 12.1 Å². The number of nitrogens with zero attached hydrogens (tertiary/aromatic N) is 3. The molecule has 2 unspecified atom stereocenters. The predicted molar refractivity (Wildman–Crippen MR) is 94.0 cm³/mol. The third-order valence-corrected chi connectivity index (χ3v) is 5.13. The van der Waals surface area contributed by atoms with Crippen LogP contribution in [-0.2, 0) is 17.6 Å². The van der Waals surface area contributed by atoms with E-state index < -0.39 is 0 Å². The van der Waals surface area contributed by atoms with Gasteiger partial charge in [-0.2, -0.15) is 0 Å². The van der Waals surface area contributed by atoms with Gasteiger partial charge in [-0.15, -0.1) is 0 Å². The number of ether oxygens (including phenoxy) is 1. The Kier molecular flexibility index (Phi) is 4.43. The summed E-state index contributed by atoms with van der Waals surface area (Å²) >= 11 is 0. The van der Waals surface area contributed by atoms with Gasteiger partial charge in [-0.25, -0.2) is 9.97 Å². The van der Waals surface area contributed by atoms with Gasteiger partial charge in [0.2, 0.25) is 0 Å². The Bertz CT molecular complexity index is 704. The second-order valence-corrected chi connectivity index (χ2v) is 6.76. The van der Waals surface area contributed by atoms with Gasteiger partial charge in [0.25, 0.3) is 0 Å². The summed E-state index contributed by atoms with van der Waals surface area (Å²) in [6.07, 6.45) is 10.0. The molecular formula is C19H24N4O. The molecule has 5 nitrogen and oxygen atoms in total. The number of anilines is 1. The molecule has 2 atom stereocenters. The molecular weight excluding hydrogens is 300 g/mol. The fourth-order valence-corrected chi connectivity index (χ4v) is 3.84. The molecule has 1 N–H and O–H groups in total. The molecule has 0 aliphatic heterocycles. The number of fused-ring (bicyclic) bond motifs is 1. The number of nitrogens with one attached hydrogen (secondary N) is 1. The molecule has 1 fully saturated rings. The highest BCUT2D eigenvalue weighted by atomic mass is 16.5. The highest BCUT2D eigenvalue weighted by Gasteiger charge is 2.25. The lowest BCUT2D eigenvalue weighted by Crippen LogP contribution is -2.31. The number of hydrogen-bond donors (Lipinski definition) is 1. The van der Waals surface area contributed by atoms with Crippen LogP contribution in [0.25, 0.3) is 11.5 Å². The molecule has 0 saturated heterocycles. The van der Waals surface area contributed by atoms with Crippen LogP contribution in [0.1, 0.15) is 43.4 Å². The predicted octanol–water partition coefficient (Wildman–Crippen LogP) is 3.40. The molecule has 24 heavy (non-hydrogen) atoms. The second-order valence-electron chi connectivity index (χ2n) is 6.76. The summed E-state index contributed by atoms with van der Waals surface area (Å²) in [5.74, 6) is 1.75. The summed E-state index contributed by atoms with van der Waals surface area (Å²) in [5, 5.41) is 3.70.